The van der Waals surface area contributed by atoms with Gasteiger partial charge >= 0.3 is 0 Å². The molecule has 694 valence electrons. The quantitative estimate of drug-likeness (QED) is 0.0687. The van der Waals surface area contributed by atoms with Gasteiger partial charge in [-0.2, -0.15) is 0 Å². The first-order chi connectivity index (χ1) is 74.1. The first kappa shape index (κ1) is 85.9. The fraction of sp³-hybridized carbons (Fsp3) is 0. The Balaban J connectivity index is 0.862. The maximum atomic E-state index is 9.93. The Morgan fingerprint density at radius 3 is 0.493 bits per heavy atom. The summed E-state index contributed by atoms with van der Waals surface area (Å²) in [5.74, 6) is 0. The summed E-state index contributed by atoms with van der Waals surface area (Å²) < 4.78 is 0. The lowest BCUT2D eigenvalue weighted by Crippen LogP contribution is -2.07. The third-order valence-corrected chi connectivity index (χ3v) is 32.2. The second-order valence-corrected chi connectivity index (χ2v) is 40.8. The van der Waals surface area contributed by atoms with Gasteiger partial charge in [0.1, 0.15) is 0 Å². The Morgan fingerprint density at radius 1 is 0.0933 bits per heavy atom. The summed E-state index contributed by atoms with van der Waals surface area (Å²) in [6.45, 7) is 0. The molecule has 0 aliphatic rings. The van der Waals surface area contributed by atoms with Gasteiger partial charge in [0.2, 0.25) is 0 Å². The van der Waals surface area contributed by atoms with Gasteiger partial charge in [-0.15, -0.1) is 0 Å². The number of fused-ring (bicyclic) bond motifs is 20. The van der Waals surface area contributed by atoms with Gasteiger partial charge < -0.3 is 11.5 Å². The minimum Gasteiger partial charge on any atom is -0.399 e. The van der Waals surface area contributed by atoms with E-state index in [0.717, 1.165) is 274 Å². The van der Waals surface area contributed by atoms with Crippen molar-refractivity contribution in [1.29, 1.82) is 0 Å². The van der Waals surface area contributed by atoms with Crippen LogP contribution in [0.25, 0.3) is 317 Å². The van der Waals surface area contributed by atoms with E-state index >= 15 is 0 Å². The van der Waals surface area contributed by atoms with Gasteiger partial charge in [-0.25, -0.2) is 0 Å². The second kappa shape index (κ2) is 34.6. The van der Waals surface area contributed by atoms with Gasteiger partial charge in [0.15, 0.2) is 0 Å². The number of nitrogen functional groups attached to an aromatic ring is 2. The van der Waals surface area contributed by atoms with Crippen LogP contribution in [0, 0.1) is 0 Å². The van der Waals surface area contributed by atoms with Crippen LogP contribution in [-0.4, -0.2) is 0 Å². The molecular weight excluding hydrogens is 1810 g/mol. The number of hydrogen-bond donors (Lipinski definition) is 2. The lowest BCUT2D eigenvalue weighted by atomic mass is 9.72. The third-order valence-electron chi connectivity index (χ3n) is 32.2. The molecule has 0 saturated heterocycles. The highest BCUT2D eigenvalue weighted by atomic mass is 14.6. The predicted molar refractivity (Wildman–Crippen MR) is 646 cm³/mol. The SMILES string of the molecule is Nc1ccc(-c2c(-c3ccc(-c4ccccc4)cc3-c3cc4cc5ccccc5cc4c4cc5ccccc5cc34)c(-c3ccc(-c4ccccc4)cc3-c3cc4cc5ccccc5cc4c4cc5ccccc5cc34)c(N)c(-c3ccc(-c4ccccc4)cc3-c3cc4cc5ccccc5cc4c4cc5ccccc5cc34)c2-c2ccc(-c3ccccc3)cc2-c2cc3cc4ccccc4cc3c3cc4ccccc4cc23)cc1. The molecule has 30 aromatic carbocycles. The van der Waals surface area contributed by atoms with E-state index in [1.54, 1.807) is 0 Å². The van der Waals surface area contributed by atoms with E-state index in [1.807, 2.05) is 0 Å². The highest BCUT2D eigenvalue weighted by Gasteiger charge is 2.35. The van der Waals surface area contributed by atoms with Crippen LogP contribution in [0.4, 0.5) is 11.4 Å². The molecule has 0 bridgehead atoms. The van der Waals surface area contributed by atoms with Crippen LogP contribution in [-0.2, 0) is 0 Å². The van der Waals surface area contributed by atoms with E-state index in [2.05, 4.69) is 534 Å². The van der Waals surface area contributed by atoms with Crippen LogP contribution in [0.1, 0.15) is 0 Å². The summed E-state index contributed by atoms with van der Waals surface area (Å²) in [6, 6.07) is 202. The highest BCUT2D eigenvalue weighted by Crippen LogP contribution is 2.62. The monoisotopic (exact) mass is 1900 g/mol. The lowest BCUT2D eigenvalue weighted by molar-refractivity contribution is 1.51. The summed E-state index contributed by atoms with van der Waals surface area (Å²) in [4.78, 5) is 0. The fourth-order valence-electron chi connectivity index (χ4n) is 25.0. The molecule has 0 atom stereocenters. The Kier molecular flexibility index (Phi) is 19.8. The number of hydrogen-bond acceptors (Lipinski definition) is 2. The molecule has 4 N–H and O–H groups in total. The van der Waals surface area contributed by atoms with E-state index in [0.29, 0.717) is 11.4 Å². The van der Waals surface area contributed by atoms with Crippen molar-refractivity contribution in [2.45, 2.75) is 0 Å². The lowest BCUT2D eigenvalue weighted by Gasteiger charge is -2.31. The van der Waals surface area contributed by atoms with Crippen LogP contribution < -0.4 is 11.5 Å². The van der Waals surface area contributed by atoms with Crippen LogP contribution >= 0.6 is 0 Å². The molecule has 150 heavy (non-hydrogen) atoms. The molecule has 2 heteroatoms. The molecule has 30 aromatic rings. The molecule has 0 aromatic heterocycles. The Bertz CT molecular complexity index is 10400. The molecule has 0 spiro atoms. The van der Waals surface area contributed by atoms with Gasteiger partial charge in [-0.3, -0.25) is 0 Å². The molecule has 0 aliphatic heterocycles. The van der Waals surface area contributed by atoms with Crippen molar-refractivity contribution in [3.8, 4) is 145 Å². The Morgan fingerprint density at radius 2 is 0.273 bits per heavy atom. The topological polar surface area (TPSA) is 52.0 Å². The van der Waals surface area contributed by atoms with Crippen LogP contribution in [0.2, 0.25) is 0 Å². The van der Waals surface area contributed by atoms with Crippen LogP contribution in [0.15, 0.2) is 534 Å². The number of rotatable bonds is 13. The van der Waals surface area contributed by atoms with Crippen molar-refractivity contribution in [3.63, 3.8) is 0 Å². The molecular formula is C148H92N2. The van der Waals surface area contributed by atoms with E-state index in [4.69, 9.17) is 5.73 Å². The van der Waals surface area contributed by atoms with Gasteiger partial charge in [-0.05, 0) is 452 Å². The Hall–Kier alpha value is -19.6. The normalized spacial score (nSPS) is 11.9. The van der Waals surface area contributed by atoms with Gasteiger partial charge in [0, 0.05) is 33.6 Å². The number of benzene rings is 30. The molecule has 0 fully saturated rings. The molecule has 0 amide bonds. The standard InChI is InChI=1S/C148H92N2/c149-118-59-53-93(54-60-118)143-144(119-61-55-110(89-29-5-1-6-30-89)81-127(119)139-85-114-65-94-37-13-17-41-98(94)69-123(114)131-73-102-45-21-25-49-106(102)77-135(131)139)146(121-63-57-112(91-33-9-3-10-34-91)83-129(121)141-87-116-67-96-39-15-19-43-100(96)71-125(116)133-75-104-47-23-27-51-108(104)79-137(133)141)148(150)147(122-64-58-113(92-35-11-4-12-36-92)84-130(122)142-88-117-68-97-40-16-20-44-101(97)72-126(117)134-76-105-48-24-28-52-109(105)80-138(134)142)145(143)120-62-56-111(90-31-7-2-8-32-90)82-128(120)140-86-115-66-95-38-14-18-42-99(95)70-124(115)132-74-103-46-22-26-50-107(103)78-136(132)140/h1-88H,149-150H2. The highest BCUT2D eigenvalue weighted by molar-refractivity contribution is 6.30. The van der Waals surface area contributed by atoms with Crippen molar-refractivity contribution < 1.29 is 0 Å². The first-order valence-electron chi connectivity index (χ1n) is 51.9. The predicted octanol–water partition coefficient (Wildman–Crippen LogP) is 41.0. The van der Waals surface area contributed by atoms with Crippen molar-refractivity contribution in [1.82, 2.24) is 0 Å². The van der Waals surface area contributed by atoms with Gasteiger partial charge in [0.25, 0.3) is 0 Å². The summed E-state index contributed by atoms with van der Waals surface area (Å²) in [5, 5.41) is 36.8. The van der Waals surface area contributed by atoms with Crippen LogP contribution in [0.3, 0.4) is 0 Å². The fourth-order valence-corrected chi connectivity index (χ4v) is 25.0. The third kappa shape index (κ3) is 14.2. The van der Waals surface area contributed by atoms with Gasteiger partial charge in [-0.1, -0.05) is 376 Å². The molecule has 0 radical (unpaired) electrons. The molecule has 2 nitrogen and oxygen atoms in total. The van der Waals surface area contributed by atoms with Crippen molar-refractivity contribution in [2.24, 2.45) is 0 Å². The van der Waals surface area contributed by atoms with E-state index in [-0.39, 0.29) is 0 Å². The summed E-state index contributed by atoms with van der Waals surface area (Å²) >= 11 is 0. The molecule has 30 rings (SSSR count). The smallest absolute Gasteiger partial charge is 0.0486 e. The number of nitrogens with two attached hydrogens (primary N) is 2. The van der Waals surface area contributed by atoms with Crippen LogP contribution in [0.5, 0.6) is 0 Å². The van der Waals surface area contributed by atoms with Crippen molar-refractivity contribution >= 4 is 184 Å². The zero-order valence-electron chi connectivity index (χ0n) is 82.0. The minimum absolute atomic E-state index is 0.586. The maximum absolute atomic E-state index is 9.93. The zero-order valence-corrected chi connectivity index (χ0v) is 82.0. The van der Waals surface area contributed by atoms with Crippen molar-refractivity contribution in [2.75, 3.05) is 11.5 Å². The zero-order chi connectivity index (χ0) is 98.9. The van der Waals surface area contributed by atoms with E-state index in [9.17, 15) is 5.73 Å². The van der Waals surface area contributed by atoms with Gasteiger partial charge in [0.05, 0.1) is 0 Å². The van der Waals surface area contributed by atoms with E-state index < -0.39 is 0 Å². The Labute approximate surface area is 867 Å². The summed E-state index contributed by atoms with van der Waals surface area (Å²) in [6.07, 6.45) is 0. The molecule has 0 unspecified atom stereocenters. The van der Waals surface area contributed by atoms with E-state index in [1.165, 1.54) is 43.1 Å². The second-order valence-electron chi connectivity index (χ2n) is 40.8. The summed E-state index contributed by atoms with van der Waals surface area (Å²) in [5.41, 5.74) is 44.8. The van der Waals surface area contributed by atoms with Crippen molar-refractivity contribution in [3.05, 3.63) is 534 Å². The average molecular weight is 1900 g/mol. The molecule has 0 aliphatic carbocycles. The molecule has 0 saturated carbocycles. The minimum atomic E-state index is 0.586. The molecule has 0 heterocycles. The maximum Gasteiger partial charge on any atom is 0.0486 e. The summed E-state index contributed by atoms with van der Waals surface area (Å²) in [7, 11) is 0. The first-order valence-corrected chi connectivity index (χ1v) is 51.9. The average Bonchev–Trinajstić information content (AvgIpc) is 0.695. The largest absolute Gasteiger partial charge is 0.399 e. The number of anilines is 2.